The minimum absolute atomic E-state index is 0.723. The number of hydrogen-bond acceptors (Lipinski definition) is 2. The van der Waals surface area contributed by atoms with E-state index in [9.17, 15) is 0 Å². The molecule has 2 aromatic carbocycles. The van der Waals surface area contributed by atoms with Crippen LogP contribution in [0.15, 0.2) is 42.5 Å². The summed E-state index contributed by atoms with van der Waals surface area (Å²) in [4.78, 5) is 0. The molecule has 0 bridgehead atoms. The number of halogens is 1. The zero-order valence-electron chi connectivity index (χ0n) is 10.7. The minimum atomic E-state index is 0.723. The van der Waals surface area contributed by atoms with Crippen molar-refractivity contribution in [3.63, 3.8) is 0 Å². The Balaban J connectivity index is 1.81. The third kappa shape index (κ3) is 3.09. The summed E-state index contributed by atoms with van der Waals surface area (Å²) in [6.07, 6.45) is 2.16. The summed E-state index contributed by atoms with van der Waals surface area (Å²) in [5.41, 5.74) is 2.81. The molecular formula is C16H16ClNO. The van der Waals surface area contributed by atoms with Crippen molar-refractivity contribution >= 4 is 11.6 Å². The zero-order valence-corrected chi connectivity index (χ0v) is 11.4. The van der Waals surface area contributed by atoms with E-state index in [1.807, 2.05) is 30.3 Å². The first kappa shape index (κ1) is 12.5. The van der Waals surface area contributed by atoms with Crippen LogP contribution in [0, 0.1) is 0 Å². The topological polar surface area (TPSA) is 21.3 Å². The first-order chi connectivity index (χ1) is 9.31. The van der Waals surface area contributed by atoms with Gasteiger partial charge in [0.2, 0.25) is 0 Å². The normalized spacial score (nSPS) is 14.6. The van der Waals surface area contributed by atoms with Gasteiger partial charge in [-0.2, -0.15) is 0 Å². The van der Waals surface area contributed by atoms with E-state index in [1.54, 1.807) is 0 Å². The molecule has 0 atom stereocenters. The molecule has 1 N–H and O–H groups in total. The highest BCUT2D eigenvalue weighted by Crippen LogP contribution is 2.26. The molecule has 0 unspecified atom stereocenters. The van der Waals surface area contributed by atoms with Crippen molar-refractivity contribution in [3.05, 3.63) is 58.6 Å². The highest BCUT2D eigenvalue weighted by Gasteiger charge is 2.08. The predicted molar refractivity (Wildman–Crippen MR) is 78.2 cm³/mol. The second-order valence-electron chi connectivity index (χ2n) is 4.74. The van der Waals surface area contributed by atoms with E-state index < -0.39 is 0 Å². The van der Waals surface area contributed by atoms with Crippen LogP contribution in [0.1, 0.15) is 11.1 Å². The molecule has 0 aromatic heterocycles. The van der Waals surface area contributed by atoms with E-state index >= 15 is 0 Å². The standard InChI is InChI=1S/C16H16ClNO/c17-14-2-5-15(6-3-14)19-16-4-1-12-7-9-18-10-8-13(12)11-16/h1-6,11,18H,7-10H2. The largest absolute Gasteiger partial charge is 0.457 e. The molecule has 1 aliphatic rings. The quantitative estimate of drug-likeness (QED) is 0.898. The molecule has 3 rings (SSSR count). The number of nitrogens with one attached hydrogen (secondary N) is 1. The molecule has 2 aromatic rings. The molecule has 19 heavy (non-hydrogen) atoms. The van der Waals surface area contributed by atoms with Crippen LogP contribution in [0.4, 0.5) is 0 Å². The Bertz CT molecular complexity index is 565. The van der Waals surface area contributed by atoms with Crippen LogP contribution in [0.3, 0.4) is 0 Å². The van der Waals surface area contributed by atoms with Crippen molar-refractivity contribution in [1.29, 1.82) is 0 Å². The summed E-state index contributed by atoms with van der Waals surface area (Å²) < 4.78 is 5.86. The molecular weight excluding hydrogens is 258 g/mol. The van der Waals surface area contributed by atoms with Crippen LogP contribution in [-0.2, 0) is 12.8 Å². The molecule has 2 nitrogen and oxygen atoms in total. The van der Waals surface area contributed by atoms with E-state index in [4.69, 9.17) is 16.3 Å². The number of rotatable bonds is 2. The third-order valence-electron chi connectivity index (χ3n) is 3.37. The summed E-state index contributed by atoms with van der Waals surface area (Å²) >= 11 is 5.87. The maximum Gasteiger partial charge on any atom is 0.127 e. The van der Waals surface area contributed by atoms with Gasteiger partial charge in [0.15, 0.2) is 0 Å². The summed E-state index contributed by atoms with van der Waals surface area (Å²) in [7, 11) is 0. The summed E-state index contributed by atoms with van der Waals surface area (Å²) in [5.74, 6) is 1.71. The number of fused-ring (bicyclic) bond motifs is 1. The van der Waals surface area contributed by atoms with Gasteiger partial charge in [0.1, 0.15) is 11.5 Å². The summed E-state index contributed by atoms with van der Waals surface area (Å²) in [5, 5.41) is 4.14. The molecule has 1 heterocycles. The molecule has 0 amide bonds. The number of benzene rings is 2. The second-order valence-corrected chi connectivity index (χ2v) is 5.17. The second kappa shape index (κ2) is 5.64. The molecule has 0 aliphatic carbocycles. The van der Waals surface area contributed by atoms with Gasteiger partial charge in [0, 0.05) is 5.02 Å². The minimum Gasteiger partial charge on any atom is -0.457 e. The molecule has 0 saturated heterocycles. The Hall–Kier alpha value is -1.51. The number of hydrogen-bond donors (Lipinski definition) is 1. The fraction of sp³-hybridized carbons (Fsp3) is 0.250. The maximum absolute atomic E-state index is 5.87. The van der Waals surface area contributed by atoms with E-state index in [2.05, 4.69) is 17.4 Å². The van der Waals surface area contributed by atoms with E-state index in [0.717, 1.165) is 42.5 Å². The summed E-state index contributed by atoms with van der Waals surface area (Å²) in [6.45, 7) is 2.10. The average Bonchev–Trinajstić information content (AvgIpc) is 2.66. The van der Waals surface area contributed by atoms with Gasteiger partial charge in [-0.3, -0.25) is 0 Å². The predicted octanol–water partition coefficient (Wildman–Crippen LogP) is 3.82. The van der Waals surface area contributed by atoms with Gasteiger partial charge in [-0.25, -0.2) is 0 Å². The monoisotopic (exact) mass is 273 g/mol. The van der Waals surface area contributed by atoms with Crippen molar-refractivity contribution < 1.29 is 4.74 Å². The Morgan fingerprint density at radius 2 is 1.53 bits per heavy atom. The molecule has 0 radical (unpaired) electrons. The fourth-order valence-electron chi connectivity index (χ4n) is 2.35. The first-order valence-electron chi connectivity index (χ1n) is 6.57. The van der Waals surface area contributed by atoms with Crippen molar-refractivity contribution in [3.8, 4) is 11.5 Å². The van der Waals surface area contributed by atoms with Gasteiger partial charge in [-0.15, -0.1) is 0 Å². The van der Waals surface area contributed by atoms with Crippen LogP contribution >= 0.6 is 11.6 Å². The van der Waals surface area contributed by atoms with Crippen LogP contribution in [0.25, 0.3) is 0 Å². The zero-order chi connectivity index (χ0) is 13.1. The SMILES string of the molecule is Clc1ccc(Oc2ccc3c(c2)CCNCC3)cc1. The van der Waals surface area contributed by atoms with Gasteiger partial charge < -0.3 is 10.1 Å². The van der Waals surface area contributed by atoms with Gasteiger partial charge in [-0.1, -0.05) is 17.7 Å². The number of ether oxygens (including phenoxy) is 1. The lowest BCUT2D eigenvalue weighted by Gasteiger charge is -2.10. The van der Waals surface area contributed by atoms with Crippen LogP contribution in [0.5, 0.6) is 11.5 Å². The molecule has 1 aliphatic heterocycles. The Labute approximate surface area is 118 Å². The van der Waals surface area contributed by atoms with E-state index in [-0.39, 0.29) is 0 Å². The molecule has 0 saturated carbocycles. The average molecular weight is 274 g/mol. The van der Waals surface area contributed by atoms with Gasteiger partial charge in [0.05, 0.1) is 0 Å². The molecule has 98 valence electrons. The lowest BCUT2D eigenvalue weighted by atomic mass is 10.0. The fourth-order valence-corrected chi connectivity index (χ4v) is 2.48. The lowest BCUT2D eigenvalue weighted by molar-refractivity contribution is 0.482. The molecule has 0 spiro atoms. The van der Waals surface area contributed by atoms with Crippen molar-refractivity contribution in [2.45, 2.75) is 12.8 Å². The van der Waals surface area contributed by atoms with Crippen molar-refractivity contribution in [1.82, 2.24) is 5.32 Å². The molecule has 0 fully saturated rings. The Morgan fingerprint density at radius 3 is 2.32 bits per heavy atom. The molecule has 3 heteroatoms. The van der Waals surface area contributed by atoms with Gasteiger partial charge >= 0.3 is 0 Å². The maximum atomic E-state index is 5.87. The van der Waals surface area contributed by atoms with Crippen molar-refractivity contribution in [2.75, 3.05) is 13.1 Å². The van der Waals surface area contributed by atoms with Crippen LogP contribution in [0.2, 0.25) is 5.02 Å². The van der Waals surface area contributed by atoms with Gasteiger partial charge in [-0.05, 0) is 73.5 Å². The first-order valence-corrected chi connectivity index (χ1v) is 6.95. The summed E-state index contributed by atoms with van der Waals surface area (Å²) in [6, 6.07) is 13.8. The third-order valence-corrected chi connectivity index (χ3v) is 3.62. The Kier molecular flexibility index (Phi) is 3.72. The van der Waals surface area contributed by atoms with Gasteiger partial charge in [0.25, 0.3) is 0 Å². The van der Waals surface area contributed by atoms with Crippen LogP contribution < -0.4 is 10.1 Å². The smallest absolute Gasteiger partial charge is 0.127 e. The Morgan fingerprint density at radius 1 is 0.842 bits per heavy atom. The highest BCUT2D eigenvalue weighted by atomic mass is 35.5. The van der Waals surface area contributed by atoms with Crippen molar-refractivity contribution in [2.24, 2.45) is 0 Å². The van der Waals surface area contributed by atoms with E-state index in [0.29, 0.717) is 0 Å². The van der Waals surface area contributed by atoms with E-state index in [1.165, 1.54) is 11.1 Å². The lowest BCUT2D eigenvalue weighted by Crippen LogP contribution is -2.16. The highest BCUT2D eigenvalue weighted by molar-refractivity contribution is 6.30. The van der Waals surface area contributed by atoms with Crippen LogP contribution in [-0.4, -0.2) is 13.1 Å².